The molecule has 0 radical (unpaired) electrons. The van der Waals surface area contributed by atoms with Crippen molar-refractivity contribution >= 4 is 37.8 Å². The number of amides is 1. The van der Waals surface area contributed by atoms with E-state index in [0.717, 1.165) is 15.8 Å². The van der Waals surface area contributed by atoms with Gasteiger partial charge in [-0.3, -0.25) is 4.79 Å². The van der Waals surface area contributed by atoms with E-state index in [4.69, 9.17) is 4.74 Å². The molecule has 0 N–H and O–H groups in total. The van der Waals surface area contributed by atoms with Crippen LogP contribution in [0.15, 0.2) is 46.0 Å². The van der Waals surface area contributed by atoms with E-state index in [9.17, 15) is 4.79 Å². The van der Waals surface area contributed by atoms with Crippen molar-refractivity contribution in [1.82, 2.24) is 4.90 Å². The van der Waals surface area contributed by atoms with Crippen molar-refractivity contribution in [2.24, 2.45) is 0 Å². The maximum atomic E-state index is 12.0. The third-order valence-electron chi connectivity index (χ3n) is 2.34. The van der Waals surface area contributed by atoms with Crippen molar-refractivity contribution in [3.8, 4) is 5.75 Å². The number of nitrogens with zero attached hydrogens (tertiary/aromatic N) is 1. The molecule has 1 amide bonds. The fourth-order valence-corrected chi connectivity index (χ4v) is 1.95. The second-order valence-corrected chi connectivity index (χ2v) is 6.11. The minimum absolute atomic E-state index is 0.172. The van der Waals surface area contributed by atoms with Crippen LogP contribution in [0.5, 0.6) is 5.75 Å². The van der Waals surface area contributed by atoms with Gasteiger partial charge in [-0.25, -0.2) is 0 Å². The van der Waals surface area contributed by atoms with E-state index >= 15 is 0 Å². The summed E-state index contributed by atoms with van der Waals surface area (Å²) in [6.07, 6.45) is 1.74. The monoisotopic (exact) mass is 387 g/mol. The van der Waals surface area contributed by atoms with E-state index in [0.29, 0.717) is 11.0 Å². The highest BCUT2D eigenvalue weighted by Gasteiger charge is 2.13. The van der Waals surface area contributed by atoms with Gasteiger partial charge in [0, 0.05) is 10.7 Å². The van der Waals surface area contributed by atoms with Gasteiger partial charge in [0.05, 0.1) is 18.1 Å². The zero-order valence-corrected chi connectivity index (χ0v) is 14.0. The first kappa shape index (κ1) is 16.0. The smallest absolute Gasteiger partial charge is 0.264 e. The Morgan fingerprint density at radius 3 is 2.37 bits per heavy atom. The molecule has 0 aromatic heterocycles. The summed E-state index contributed by atoms with van der Waals surface area (Å²) in [6, 6.07) is 7.58. The van der Waals surface area contributed by atoms with Crippen LogP contribution >= 0.6 is 31.9 Å². The first-order valence-electron chi connectivity index (χ1n) is 5.56. The number of hydrogen-bond donors (Lipinski definition) is 0. The molecule has 0 aliphatic heterocycles. The molecule has 102 valence electrons. The van der Waals surface area contributed by atoms with Crippen molar-refractivity contribution in [3.05, 3.63) is 51.6 Å². The van der Waals surface area contributed by atoms with Gasteiger partial charge in [0.2, 0.25) is 0 Å². The van der Waals surface area contributed by atoms with Crippen LogP contribution in [0.4, 0.5) is 0 Å². The van der Waals surface area contributed by atoms with Gasteiger partial charge in [0.15, 0.2) is 0 Å². The standard InChI is InChI=1S/C14H15Br2NO2/c1-10(15)8-17(14(18)11(2)16)9-12-4-6-13(19-3)7-5-12/h4-8H,2,9H2,1,3H3/b10-8+. The highest BCUT2D eigenvalue weighted by Crippen LogP contribution is 2.17. The average Bonchev–Trinajstić information content (AvgIpc) is 2.37. The number of carbonyl (C=O) groups is 1. The average molecular weight is 389 g/mol. The number of ether oxygens (including phenoxy) is 1. The summed E-state index contributed by atoms with van der Waals surface area (Å²) in [5.74, 6) is 0.619. The molecule has 1 aromatic carbocycles. The second kappa shape index (κ2) is 7.50. The summed E-state index contributed by atoms with van der Waals surface area (Å²) in [4.78, 5) is 13.6. The van der Waals surface area contributed by atoms with Crippen LogP contribution in [0.25, 0.3) is 0 Å². The number of rotatable bonds is 5. The summed E-state index contributed by atoms with van der Waals surface area (Å²) in [7, 11) is 1.62. The highest BCUT2D eigenvalue weighted by molar-refractivity contribution is 9.12. The number of carbonyl (C=O) groups excluding carboxylic acids is 1. The summed E-state index contributed by atoms with van der Waals surface area (Å²) in [6.45, 7) is 5.95. The maximum absolute atomic E-state index is 12.0. The Labute approximate surface area is 130 Å². The van der Waals surface area contributed by atoms with Gasteiger partial charge in [0.1, 0.15) is 5.75 Å². The molecule has 19 heavy (non-hydrogen) atoms. The Hall–Kier alpha value is -1.07. The van der Waals surface area contributed by atoms with E-state index < -0.39 is 0 Å². The van der Waals surface area contributed by atoms with Crippen molar-refractivity contribution < 1.29 is 9.53 Å². The normalized spacial score (nSPS) is 11.1. The van der Waals surface area contributed by atoms with Gasteiger partial charge >= 0.3 is 0 Å². The molecule has 1 aromatic rings. The van der Waals surface area contributed by atoms with Crippen LogP contribution in [0.1, 0.15) is 12.5 Å². The van der Waals surface area contributed by atoms with Crippen molar-refractivity contribution in [1.29, 1.82) is 0 Å². The fraction of sp³-hybridized carbons (Fsp3) is 0.214. The van der Waals surface area contributed by atoms with Crippen molar-refractivity contribution in [3.63, 3.8) is 0 Å². The fourth-order valence-electron chi connectivity index (χ4n) is 1.47. The van der Waals surface area contributed by atoms with E-state index in [-0.39, 0.29) is 5.91 Å². The Bertz CT molecular complexity index is 491. The zero-order valence-electron chi connectivity index (χ0n) is 10.8. The van der Waals surface area contributed by atoms with Gasteiger partial charge < -0.3 is 9.64 Å². The molecular formula is C14H15Br2NO2. The lowest BCUT2D eigenvalue weighted by Crippen LogP contribution is -2.25. The molecule has 0 heterocycles. The maximum Gasteiger partial charge on any atom is 0.264 e. The third-order valence-corrected chi connectivity index (χ3v) is 2.88. The second-order valence-electron chi connectivity index (χ2n) is 3.90. The van der Waals surface area contributed by atoms with Gasteiger partial charge in [-0.2, -0.15) is 0 Å². The van der Waals surface area contributed by atoms with Crippen LogP contribution in [-0.4, -0.2) is 17.9 Å². The highest BCUT2D eigenvalue weighted by atomic mass is 79.9. The molecule has 0 aliphatic rings. The van der Waals surface area contributed by atoms with Crippen LogP contribution in [0, 0.1) is 0 Å². The molecule has 0 fully saturated rings. The summed E-state index contributed by atoms with van der Waals surface area (Å²) in [5.41, 5.74) is 1.01. The molecule has 0 atom stereocenters. The summed E-state index contributed by atoms with van der Waals surface area (Å²) in [5, 5.41) is 0. The predicted octanol–water partition coefficient (Wildman–Crippen LogP) is 4.19. The van der Waals surface area contributed by atoms with E-state index in [1.165, 1.54) is 0 Å². The Morgan fingerprint density at radius 1 is 1.37 bits per heavy atom. The van der Waals surface area contributed by atoms with Crippen LogP contribution in [0.3, 0.4) is 0 Å². The molecule has 0 saturated carbocycles. The predicted molar refractivity (Wildman–Crippen MR) is 84.3 cm³/mol. The molecule has 3 nitrogen and oxygen atoms in total. The van der Waals surface area contributed by atoms with E-state index in [2.05, 4.69) is 38.4 Å². The van der Waals surface area contributed by atoms with Crippen molar-refractivity contribution in [2.75, 3.05) is 7.11 Å². The summed E-state index contributed by atoms with van der Waals surface area (Å²) < 4.78 is 6.29. The van der Waals surface area contributed by atoms with Gasteiger partial charge in [-0.1, -0.05) is 34.6 Å². The van der Waals surface area contributed by atoms with Gasteiger partial charge in [-0.15, -0.1) is 0 Å². The molecule has 0 spiro atoms. The van der Waals surface area contributed by atoms with Crippen LogP contribution in [0.2, 0.25) is 0 Å². The first-order valence-corrected chi connectivity index (χ1v) is 7.15. The lowest BCUT2D eigenvalue weighted by Gasteiger charge is -2.18. The molecule has 0 bridgehead atoms. The Kier molecular flexibility index (Phi) is 6.31. The van der Waals surface area contributed by atoms with E-state index in [1.54, 1.807) is 18.2 Å². The van der Waals surface area contributed by atoms with Gasteiger partial charge in [0.25, 0.3) is 5.91 Å². The number of allylic oxidation sites excluding steroid dienone is 1. The molecule has 0 unspecified atom stereocenters. The largest absolute Gasteiger partial charge is 0.497 e. The molecule has 0 aliphatic carbocycles. The van der Waals surface area contributed by atoms with Crippen molar-refractivity contribution in [2.45, 2.75) is 13.5 Å². The van der Waals surface area contributed by atoms with E-state index in [1.807, 2.05) is 31.2 Å². The quantitative estimate of drug-likeness (QED) is 0.708. The Balaban J connectivity index is 2.90. The van der Waals surface area contributed by atoms with Crippen LogP contribution in [-0.2, 0) is 11.3 Å². The topological polar surface area (TPSA) is 29.5 Å². The number of methoxy groups -OCH3 is 1. The van der Waals surface area contributed by atoms with Crippen LogP contribution < -0.4 is 4.74 Å². The minimum Gasteiger partial charge on any atom is -0.497 e. The lowest BCUT2D eigenvalue weighted by molar-refractivity contribution is -0.124. The molecular weight excluding hydrogens is 374 g/mol. The summed E-state index contributed by atoms with van der Waals surface area (Å²) >= 11 is 6.45. The molecule has 5 heteroatoms. The number of halogens is 2. The minimum atomic E-state index is -0.172. The molecule has 1 rings (SSSR count). The first-order chi connectivity index (χ1) is 8.93. The SMILES string of the molecule is C=C(Br)C(=O)N(/C=C(\C)Br)Cc1ccc(OC)cc1. The van der Waals surface area contributed by atoms with Gasteiger partial charge in [-0.05, 0) is 40.5 Å². The number of benzene rings is 1. The third kappa shape index (κ3) is 5.20. The zero-order chi connectivity index (χ0) is 14.4. The molecule has 0 saturated heterocycles. The lowest BCUT2D eigenvalue weighted by atomic mass is 10.2. The number of hydrogen-bond acceptors (Lipinski definition) is 2. The Morgan fingerprint density at radius 2 is 1.95 bits per heavy atom.